The quantitative estimate of drug-likeness (QED) is 0.837. The molecule has 114 valence electrons. The first kappa shape index (κ1) is 14.0. The Hall–Kier alpha value is -1.62. The van der Waals surface area contributed by atoms with E-state index >= 15 is 0 Å². The van der Waals surface area contributed by atoms with Crippen LogP contribution in [0.4, 0.5) is 0 Å². The summed E-state index contributed by atoms with van der Waals surface area (Å²) < 4.78 is 1.95. The average molecular weight is 312 g/mol. The number of aryl methyl sites for hydroxylation is 1. The largest absolute Gasteiger partial charge is 0.212 e. The summed E-state index contributed by atoms with van der Waals surface area (Å²) >= 11 is 1.77. The Morgan fingerprint density at radius 2 is 1.82 bits per heavy atom. The fraction of sp³-hybridized carbons (Fsp3) is 0.471. The van der Waals surface area contributed by atoms with E-state index in [1.54, 1.807) is 11.8 Å². The summed E-state index contributed by atoms with van der Waals surface area (Å²) in [5, 5.41) is 14.5. The number of aromatic nitrogens is 3. The lowest BCUT2D eigenvalue weighted by Crippen LogP contribution is -2.23. The van der Waals surface area contributed by atoms with E-state index in [2.05, 4.69) is 41.4 Å². The molecule has 0 N–H and O–H groups in total. The molecule has 0 amide bonds. The number of hydrogen-bond donors (Lipinski definition) is 0. The van der Waals surface area contributed by atoms with E-state index in [-0.39, 0.29) is 0 Å². The van der Waals surface area contributed by atoms with Crippen LogP contribution in [0.3, 0.4) is 0 Å². The van der Waals surface area contributed by atoms with Gasteiger partial charge in [0.2, 0.25) is 5.16 Å². The van der Waals surface area contributed by atoms with Crippen molar-refractivity contribution in [3.63, 3.8) is 0 Å². The second kappa shape index (κ2) is 5.88. The van der Waals surface area contributed by atoms with Crippen molar-refractivity contribution in [3.05, 3.63) is 29.8 Å². The van der Waals surface area contributed by atoms with Gasteiger partial charge in [0.15, 0.2) is 5.82 Å². The van der Waals surface area contributed by atoms with Crippen molar-refractivity contribution in [1.29, 1.82) is 0 Å². The smallest absolute Gasteiger partial charge is 0.187 e. The van der Waals surface area contributed by atoms with Gasteiger partial charge < -0.3 is 0 Å². The third-order valence-electron chi connectivity index (χ3n) is 4.58. The molecule has 2 aliphatic rings. The molecule has 0 unspecified atom stereocenters. The summed E-state index contributed by atoms with van der Waals surface area (Å²) in [5.41, 5.74) is 3.66. The second-order valence-corrected chi connectivity index (χ2v) is 7.14. The first-order chi connectivity index (χ1) is 10.8. The zero-order valence-electron chi connectivity index (χ0n) is 12.8. The number of nitrogens with zero attached hydrogens (tertiary/aromatic N) is 4. The van der Waals surface area contributed by atoms with Gasteiger partial charge in [-0.3, -0.25) is 0 Å². The van der Waals surface area contributed by atoms with Crippen LogP contribution < -0.4 is 0 Å². The number of rotatable bonds is 2. The normalized spacial score (nSPS) is 18.9. The molecule has 0 bridgehead atoms. The predicted octanol–water partition coefficient (Wildman–Crippen LogP) is 4.14. The van der Waals surface area contributed by atoms with Crippen molar-refractivity contribution in [2.45, 2.75) is 44.2 Å². The first-order valence-electron chi connectivity index (χ1n) is 8.04. The second-order valence-electron chi connectivity index (χ2n) is 6.20. The van der Waals surface area contributed by atoms with Crippen LogP contribution in [0.2, 0.25) is 0 Å². The van der Waals surface area contributed by atoms with Crippen molar-refractivity contribution in [3.8, 4) is 11.4 Å². The van der Waals surface area contributed by atoms with E-state index in [1.165, 1.54) is 43.4 Å². The molecule has 5 heteroatoms. The molecule has 22 heavy (non-hydrogen) atoms. The van der Waals surface area contributed by atoms with Gasteiger partial charge in [0, 0.05) is 11.3 Å². The highest BCUT2D eigenvalue weighted by molar-refractivity contribution is 7.99. The lowest BCUT2D eigenvalue weighted by Gasteiger charge is -2.25. The predicted molar refractivity (Wildman–Crippen MR) is 90.3 cm³/mol. The molecule has 0 atom stereocenters. The van der Waals surface area contributed by atoms with Gasteiger partial charge in [0.05, 0.1) is 5.71 Å². The Bertz CT molecular complexity index is 696. The highest BCUT2D eigenvalue weighted by atomic mass is 32.2. The molecule has 1 aliphatic carbocycles. The van der Waals surface area contributed by atoms with Crippen molar-refractivity contribution >= 4 is 17.5 Å². The zero-order chi connectivity index (χ0) is 14.9. The van der Waals surface area contributed by atoms with E-state index in [0.29, 0.717) is 5.92 Å². The highest BCUT2D eigenvalue weighted by Gasteiger charge is 2.25. The van der Waals surface area contributed by atoms with Crippen molar-refractivity contribution < 1.29 is 0 Å². The molecule has 2 heterocycles. The van der Waals surface area contributed by atoms with Crippen LogP contribution >= 0.6 is 11.8 Å². The minimum atomic E-state index is 0.655. The monoisotopic (exact) mass is 312 g/mol. The summed E-state index contributed by atoms with van der Waals surface area (Å²) in [6.07, 6.45) is 6.64. The van der Waals surface area contributed by atoms with Crippen LogP contribution in [-0.2, 0) is 0 Å². The van der Waals surface area contributed by atoms with Gasteiger partial charge >= 0.3 is 0 Å². The molecule has 1 fully saturated rings. The van der Waals surface area contributed by atoms with Gasteiger partial charge in [-0.2, -0.15) is 9.78 Å². The van der Waals surface area contributed by atoms with Gasteiger partial charge in [0.1, 0.15) is 0 Å². The summed E-state index contributed by atoms with van der Waals surface area (Å²) in [5.74, 6) is 2.48. The summed E-state index contributed by atoms with van der Waals surface area (Å²) in [6.45, 7) is 2.10. The first-order valence-corrected chi connectivity index (χ1v) is 9.03. The van der Waals surface area contributed by atoms with E-state index in [0.717, 1.165) is 22.3 Å². The summed E-state index contributed by atoms with van der Waals surface area (Å²) in [4.78, 5) is 0. The molecule has 1 aromatic heterocycles. The van der Waals surface area contributed by atoms with Crippen molar-refractivity contribution in [1.82, 2.24) is 14.9 Å². The number of thioether (sulfide) groups is 1. The Balaban J connectivity index is 1.69. The third-order valence-corrected chi connectivity index (χ3v) is 5.53. The van der Waals surface area contributed by atoms with Gasteiger partial charge in [-0.05, 0) is 25.7 Å². The van der Waals surface area contributed by atoms with Gasteiger partial charge in [-0.25, -0.2) is 0 Å². The Labute approximate surface area is 135 Å². The molecule has 1 saturated carbocycles. The van der Waals surface area contributed by atoms with E-state index < -0.39 is 0 Å². The molecule has 0 spiro atoms. The molecule has 0 radical (unpaired) electrons. The SMILES string of the molecule is Cc1ccc(-c2nnc3n2N=C(C2CCCCC2)CS3)cc1. The van der Waals surface area contributed by atoms with Crippen molar-refractivity contribution in [2.24, 2.45) is 11.0 Å². The Morgan fingerprint density at radius 1 is 1.05 bits per heavy atom. The van der Waals surface area contributed by atoms with Gasteiger partial charge in [-0.15, -0.1) is 10.2 Å². The van der Waals surface area contributed by atoms with Crippen LogP contribution in [-0.4, -0.2) is 26.3 Å². The molecule has 1 aliphatic heterocycles. The topological polar surface area (TPSA) is 43.1 Å². The van der Waals surface area contributed by atoms with Crippen LogP contribution in [0.5, 0.6) is 0 Å². The van der Waals surface area contributed by atoms with Crippen LogP contribution in [0.1, 0.15) is 37.7 Å². The maximum Gasteiger partial charge on any atom is 0.212 e. The van der Waals surface area contributed by atoms with Crippen LogP contribution in [0, 0.1) is 12.8 Å². The lowest BCUT2D eigenvalue weighted by atomic mass is 9.86. The van der Waals surface area contributed by atoms with E-state index in [1.807, 2.05) is 4.68 Å². The molecular formula is C17H20N4S. The molecule has 4 rings (SSSR count). The summed E-state index contributed by atoms with van der Waals surface area (Å²) in [6, 6.07) is 8.42. The van der Waals surface area contributed by atoms with E-state index in [9.17, 15) is 0 Å². The maximum atomic E-state index is 4.92. The highest BCUT2D eigenvalue weighted by Crippen LogP contribution is 2.32. The number of fused-ring (bicyclic) bond motifs is 1. The standard InChI is InChI=1S/C17H20N4S/c1-12-7-9-14(10-8-12)16-18-19-17-21(16)20-15(11-22-17)13-5-3-2-4-6-13/h7-10,13H,2-6,11H2,1H3. The van der Waals surface area contributed by atoms with Crippen molar-refractivity contribution in [2.75, 3.05) is 5.75 Å². The molecular weight excluding hydrogens is 292 g/mol. The van der Waals surface area contributed by atoms with E-state index in [4.69, 9.17) is 5.10 Å². The molecule has 4 nitrogen and oxygen atoms in total. The van der Waals surface area contributed by atoms with Gasteiger partial charge in [-0.1, -0.05) is 60.9 Å². The van der Waals surface area contributed by atoms with Gasteiger partial charge in [0.25, 0.3) is 0 Å². The molecule has 0 saturated heterocycles. The fourth-order valence-electron chi connectivity index (χ4n) is 3.26. The Morgan fingerprint density at radius 3 is 2.59 bits per heavy atom. The molecule has 2 aromatic rings. The molecule has 1 aromatic carbocycles. The fourth-order valence-corrected chi connectivity index (χ4v) is 4.18. The number of hydrogen-bond acceptors (Lipinski definition) is 4. The number of benzene rings is 1. The minimum Gasteiger partial charge on any atom is -0.187 e. The maximum absolute atomic E-state index is 4.92. The lowest BCUT2D eigenvalue weighted by molar-refractivity contribution is 0.436. The Kier molecular flexibility index (Phi) is 3.74. The third kappa shape index (κ3) is 2.58. The summed E-state index contributed by atoms with van der Waals surface area (Å²) in [7, 11) is 0. The zero-order valence-corrected chi connectivity index (χ0v) is 13.6. The average Bonchev–Trinajstić information content (AvgIpc) is 2.99. The van der Waals surface area contributed by atoms with Crippen LogP contribution in [0.15, 0.2) is 34.5 Å². The minimum absolute atomic E-state index is 0.655. The van der Waals surface area contributed by atoms with Crippen LogP contribution in [0.25, 0.3) is 11.4 Å².